The second kappa shape index (κ2) is 6.58. The van der Waals surface area contributed by atoms with E-state index in [1.807, 2.05) is 0 Å². The maximum absolute atomic E-state index is 13.0. The topological polar surface area (TPSA) is 52.6 Å². The van der Waals surface area contributed by atoms with Crippen molar-refractivity contribution in [3.05, 3.63) is 59.2 Å². The highest BCUT2D eigenvalue weighted by Gasteiger charge is 2.34. The summed E-state index contributed by atoms with van der Waals surface area (Å²) >= 11 is 0. The molecule has 130 valence electrons. The Kier molecular flexibility index (Phi) is 4.48. The lowest BCUT2D eigenvalue weighted by Gasteiger charge is -2.11. The molecule has 0 fully saturated rings. The Balaban J connectivity index is 1.70. The molecule has 1 heterocycles. The Bertz CT molecular complexity index is 827. The summed E-state index contributed by atoms with van der Waals surface area (Å²) in [5.74, 6) is -0.121. The molecule has 0 atom stereocenters. The average molecular weight is 350 g/mol. The molecule has 25 heavy (non-hydrogen) atoms. The molecule has 4 nitrogen and oxygen atoms in total. The van der Waals surface area contributed by atoms with Crippen LogP contribution in [0.2, 0.25) is 0 Å². The van der Waals surface area contributed by atoms with E-state index < -0.39 is 23.1 Å². The number of Topliss-reactive ketones (excluding diaryl/α,β-unsaturated/α-hetero) is 2. The molecule has 2 aromatic carbocycles. The zero-order valence-electron chi connectivity index (χ0n) is 12.9. The van der Waals surface area contributed by atoms with Crippen LogP contribution in [0.5, 0.6) is 11.5 Å². The summed E-state index contributed by atoms with van der Waals surface area (Å²) in [5.41, 5.74) is -1.09. The summed E-state index contributed by atoms with van der Waals surface area (Å²) in [6.45, 7) is 0.0691. The van der Waals surface area contributed by atoms with Crippen LogP contribution >= 0.6 is 0 Å². The molecule has 0 N–H and O–H groups in total. The normalized spacial score (nSPS) is 12.9. The first kappa shape index (κ1) is 17.0. The van der Waals surface area contributed by atoms with Gasteiger partial charge in [0.1, 0.15) is 0 Å². The van der Waals surface area contributed by atoms with Crippen LogP contribution in [-0.4, -0.2) is 18.4 Å². The van der Waals surface area contributed by atoms with Crippen molar-refractivity contribution >= 4 is 11.6 Å². The van der Waals surface area contributed by atoms with E-state index in [2.05, 4.69) is 0 Å². The fourth-order valence-corrected chi connectivity index (χ4v) is 2.55. The van der Waals surface area contributed by atoms with Gasteiger partial charge < -0.3 is 9.47 Å². The van der Waals surface area contributed by atoms with Crippen LogP contribution in [0.1, 0.15) is 39.1 Å². The molecular formula is C18H13F3O4. The van der Waals surface area contributed by atoms with Crippen LogP contribution in [0.25, 0.3) is 0 Å². The Hall–Kier alpha value is -2.83. The monoisotopic (exact) mass is 350 g/mol. The number of rotatable bonds is 5. The molecule has 3 rings (SSSR count). The molecule has 0 amide bonds. The van der Waals surface area contributed by atoms with Gasteiger partial charge in [-0.3, -0.25) is 9.59 Å². The predicted octanol–water partition coefficient (Wildman–Crippen LogP) is 4.28. The highest BCUT2D eigenvalue weighted by atomic mass is 19.4. The summed E-state index contributed by atoms with van der Waals surface area (Å²) < 4.78 is 49.2. The van der Waals surface area contributed by atoms with Gasteiger partial charge in [-0.2, -0.15) is 13.2 Å². The molecule has 7 heteroatoms. The number of hydrogen-bond donors (Lipinski definition) is 0. The number of alkyl halides is 3. The van der Waals surface area contributed by atoms with Gasteiger partial charge in [-0.25, -0.2) is 0 Å². The average Bonchev–Trinajstić information content (AvgIpc) is 3.06. The summed E-state index contributed by atoms with van der Waals surface area (Å²) in [6.07, 6.45) is -5.11. The van der Waals surface area contributed by atoms with Gasteiger partial charge in [0.2, 0.25) is 6.79 Å². The Morgan fingerprint density at radius 3 is 2.36 bits per heavy atom. The van der Waals surface area contributed by atoms with Gasteiger partial charge in [-0.15, -0.1) is 0 Å². The SMILES string of the molecule is O=C(CCC(=O)c1ccccc1C(F)(F)F)c1ccc2c(c1)OCO2. The lowest BCUT2D eigenvalue weighted by molar-refractivity contribution is -0.137. The minimum Gasteiger partial charge on any atom is -0.454 e. The number of ether oxygens (including phenoxy) is 2. The third kappa shape index (κ3) is 3.65. The van der Waals surface area contributed by atoms with E-state index in [0.717, 1.165) is 12.1 Å². The zero-order valence-corrected chi connectivity index (χ0v) is 12.9. The Labute approximate surface area is 141 Å². The molecule has 0 bridgehead atoms. The smallest absolute Gasteiger partial charge is 0.417 e. The van der Waals surface area contributed by atoms with Crippen LogP contribution in [-0.2, 0) is 6.18 Å². The van der Waals surface area contributed by atoms with Crippen molar-refractivity contribution in [2.45, 2.75) is 19.0 Å². The molecule has 0 saturated heterocycles. The summed E-state index contributed by atoms with van der Waals surface area (Å²) in [6, 6.07) is 9.17. The maximum atomic E-state index is 13.0. The minimum absolute atomic E-state index is 0.0691. The molecular weight excluding hydrogens is 337 g/mol. The van der Waals surface area contributed by atoms with E-state index in [1.165, 1.54) is 24.3 Å². The number of carbonyl (C=O) groups excluding carboxylic acids is 2. The van der Waals surface area contributed by atoms with Crippen molar-refractivity contribution in [1.82, 2.24) is 0 Å². The number of hydrogen-bond acceptors (Lipinski definition) is 4. The summed E-state index contributed by atoms with van der Waals surface area (Å²) in [7, 11) is 0. The Morgan fingerprint density at radius 1 is 0.920 bits per heavy atom. The van der Waals surface area contributed by atoms with Gasteiger partial charge in [0.05, 0.1) is 5.56 Å². The Morgan fingerprint density at radius 2 is 1.60 bits per heavy atom. The third-order valence-corrected chi connectivity index (χ3v) is 3.81. The summed E-state index contributed by atoms with van der Waals surface area (Å²) in [4.78, 5) is 24.3. The van der Waals surface area contributed by atoms with Crippen LogP contribution in [0.4, 0.5) is 13.2 Å². The minimum atomic E-state index is -4.62. The van der Waals surface area contributed by atoms with Crippen LogP contribution in [0.15, 0.2) is 42.5 Å². The molecule has 1 aliphatic rings. The van der Waals surface area contributed by atoms with E-state index in [4.69, 9.17) is 9.47 Å². The number of benzene rings is 2. The third-order valence-electron chi connectivity index (χ3n) is 3.81. The highest BCUT2D eigenvalue weighted by molar-refractivity contribution is 6.03. The first-order valence-electron chi connectivity index (χ1n) is 7.48. The number of ketones is 2. The van der Waals surface area contributed by atoms with Gasteiger partial charge in [-0.05, 0) is 24.3 Å². The molecule has 1 aliphatic heterocycles. The maximum Gasteiger partial charge on any atom is 0.417 e. The van der Waals surface area contributed by atoms with E-state index in [-0.39, 0.29) is 25.4 Å². The van der Waals surface area contributed by atoms with E-state index in [9.17, 15) is 22.8 Å². The second-order valence-electron chi connectivity index (χ2n) is 5.46. The van der Waals surface area contributed by atoms with Crippen molar-refractivity contribution < 1.29 is 32.2 Å². The lowest BCUT2D eigenvalue weighted by atomic mass is 9.97. The molecule has 0 radical (unpaired) electrons. The first-order valence-corrected chi connectivity index (χ1v) is 7.48. The quantitative estimate of drug-likeness (QED) is 0.756. The zero-order chi connectivity index (χ0) is 18.0. The first-order chi connectivity index (χ1) is 11.9. The van der Waals surface area contributed by atoms with Crippen molar-refractivity contribution in [3.63, 3.8) is 0 Å². The molecule has 2 aromatic rings. The van der Waals surface area contributed by atoms with E-state index in [0.29, 0.717) is 17.1 Å². The van der Waals surface area contributed by atoms with Crippen molar-refractivity contribution in [1.29, 1.82) is 0 Å². The highest BCUT2D eigenvalue weighted by Crippen LogP contribution is 2.34. The van der Waals surface area contributed by atoms with Crippen LogP contribution in [0.3, 0.4) is 0 Å². The largest absolute Gasteiger partial charge is 0.454 e. The fourth-order valence-electron chi connectivity index (χ4n) is 2.55. The molecule has 0 aliphatic carbocycles. The number of carbonyl (C=O) groups is 2. The fraction of sp³-hybridized carbons (Fsp3) is 0.222. The van der Waals surface area contributed by atoms with Crippen molar-refractivity contribution in [2.24, 2.45) is 0 Å². The van der Waals surface area contributed by atoms with Gasteiger partial charge in [0.25, 0.3) is 0 Å². The number of fused-ring (bicyclic) bond motifs is 1. The van der Waals surface area contributed by atoms with Crippen LogP contribution < -0.4 is 9.47 Å². The van der Waals surface area contributed by atoms with Gasteiger partial charge in [0.15, 0.2) is 23.1 Å². The lowest BCUT2D eigenvalue weighted by Crippen LogP contribution is -2.14. The summed E-state index contributed by atoms with van der Waals surface area (Å²) in [5, 5.41) is 0. The molecule has 0 spiro atoms. The van der Waals surface area contributed by atoms with Gasteiger partial charge in [0, 0.05) is 24.0 Å². The van der Waals surface area contributed by atoms with E-state index >= 15 is 0 Å². The predicted molar refractivity (Wildman–Crippen MR) is 81.9 cm³/mol. The second-order valence-corrected chi connectivity index (χ2v) is 5.46. The standard InChI is InChI=1S/C18H13F3O4/c19-18(20,21)13-4-2-1-3-12(13)15(23)7-6-14(22)11-5-8-16-17(9-11)25-10-24-16/h1-5,8-9H,6-7,10H2. The molecule has 0 unspecified atom stereocenters. The van der Waals surface area contributed by atoms with Crippen molar-refractivity contribution in [2.75, 3.05) is 6.79 Å². The number of halogens is 3. The molecule has 0 aromatic heterocycles. The van der Waals surface area contributed by atoms with E-state index in [1.54, 1.807) is 6.07 Å². The van der Waals surface area contributed by atoms with Crippen molar-refractivity contribution in [3.8, 4) is 11.5 Å². The van der Waals surface area contributed by atoms with Gasteiger partial charge in [-0.1, -0.05) is 18.2 Å². The molecule has 0 saturated carbocycles. The van der Waals surface area contributed by atoms with Crippen LogP contribution in [0, 0.1) is 0 Å². The van der Waals surface area contributed by atoms with Gasteiger partial charge >= 0.3 is 6.18 Å².